The highest BCUT2D eigenvalue weighted by molar-refractivity contribution is 5.86. The smallest absolute Gasteiger partial charge is 0.308 e. The van der Waals surface area contributed by atoms with E-state index < -0.39 is 11.9 Å². The number of carbonyl (C=O) groups is 2. The first kappa shape index (κ1) is 13.9. The molecule has 6 nitrogen and oxygen atoms in total. The van der Waals surface area contributed by atoms with Gasteiger partial charge < -0.3 is 19.5 Å². The number of likely N-dealkylation sites (tertiary alicyclic amines) is 1. The molecule has 1 rings (SSSR count). The highest BCUT2D eigenvalue weighted by Gasteiger charge is 2.33. The van der Waals surface area contributed by atoms with E-state index in [2.05, 4.69) is 0 Å². The molecule has 0 spiro atoms. The fourth-order valence-corrected chi connectivity index (χ4v) is 1.74. The number of carboxylic acid groups (broad SMARTS) is 1. The summed E-state index contributed by atoms with van der Waals surface area (Å²) in [7, 11) is 1.63. The average Bonchev–Trinajstić information content (AvgIpc) is 2.65. The van der Waals surface area contributed by atoms with Gasteiger partial charge in [0.1, 0.15) is 0 Å². The van der Waals surface area contributed by atoms with Crippen LogP contribution in [0.3, 0.4) is 0 Å². The van der Waals surface area contributed by atoms with E-state index in [0.29, 0.717) is 32.9 Å². The van der Waals surface area contributed by atoms with Crippen LogP contribution in [0, 0.1) is 5.92 Å². The van der Waals surface area contributed by atoms with Crippen molar-refractivity contribution in [3.63, 3.8) is 0 Å². The van der Waals surface area contributed by atoms with Crippen LogP contribution in [0.4, 0.5) is 0 Å². The minimum atomic E-state index is -0.901. The minimum absolute atomic E-state index is 0.0992. The van der Waals surface area contributed by atoms with E-state index in [1.165, 1.54) is 0 Å². The maximum atomic E-state index is 11.4. The van der Waals surface area contributed by atoms with Gasteiger partial charge in [0.2, 0.25) is 5.91 Å². The van der Waals surface area contributed by atoms with Crippen LogP contribution in [0.15, 0.2) is 0 Å². The third kappa shape index (κ3) is 4.70. The van der Waals surface area contributed by atoms with Gasteiger partial charge in [-0.05, 0) is 6.42 Å². The highest BCUT2D eigenvalue weighted by Crippen LogP contribution is 2.17. The first-order valence-corrected chi connectivity index (χ1v) is 5.72. The Morgan fingerprint density at radius 3 is 2.82 bits per heavy atom. The van der Waals surface area contributed by atoms with Crippen LogP contribution in [0.1, 0.15) is 12.8 Å². The van der Waals surface area contributed by atoms with E-state index in [1.807, 2.05) is 0 Å². The van der Waals surface area contributed by atoms with Crippen molar-refractivity contribution in [1.82, 2.24) is 4.90 Å². The van der Waals surface area contributed by atoms with Crippen LogP contribution in [-0.4, -0.2) is 61.9 Å². The fraction of sp³-hybridized carbons (Fsp3) is 0.818. The fourth-order valence-electron chi connectivity index (χ4n) is 1.74. The van der Waals surface area contributed by atoms with Gasteiger partial charge in [0.25, 0.3) is 0 Å². The Bertz CT molecular complexity index is 269. The van der Waals surface area contributed by atoms with E-state index in [9.17, 15) is 9.59 Å². The van der Waals surface area contributed by atoms with E-state index >= 15 is 0 Å². The van der Waals surface area contributed by atoms with Crippen LogP contribution in [0.25, 0.3) is 0 Å². The quantitative estimate of drug-likeness (QED) is 0.608. The molecule has 1 saturated heterocycles. The number of hydrogen-bond donors (Lipinski definition) is 1. The van der Waals surface area contributed by atoms with E-state index in [4.69, 9.17) is 14.6 Å². The Hall–Kier alpha value is -1.14. The summed E-state index contributed by atoms with van der Waals surface area (Å²) in [5.41, 5.74) is 0. The molecule has 98 valence electrons. The number of aliphatic carboxylic acids is 1. The van der Waals surface area contributed by atoms with Gasteiger partial charge in [-0.15, -0.1) is 0 Å². The molecule has 0 bridgehead atoms. The molecule has 0 saturated carbocycles. The second-order valence-electron chi connectivity index (χ2n) is 4.04. The molecule has 1 atom stereocenters. The second kappa shape index (κ2) is 7.24. The molecule has 1 unspecified atom stereocenters. The zero-order valence-corrected chi connectivity index (χ0v) is 10.1. The number of carbonyl (C=O) groups excluding carboxylic acids is 1. The summed E-state index contributed by atoms with van der Waals surface area (Å²) in [4.78, 5) is 23.7. The van der Waals surface area contributed by atoms with Gasteiger partial charge in [0.15, 0.2) is 0 Å². The van der Waals surface area contributed by atoms with Gasteiger partial charge in [0, 0.05) is 39.8 Å². The van der Waals surface area contributed by atoms with Crippen molar-refractivity contribution >= 4 is 11.9 Å². The third-order valence-corrected chi connectivity index (χ3v) is 2.71. The molecule has 0 aromatic carbocycles. The lowest BCUT2D eigenvalue weighted by atomic mass is 10.1. The summed E-state index contributed by atoms with van der Waals surface area (Å²) < 4.78 is 10.2. The van der Waals surface area contributed by atoms with Gasteiger partial charge >= 0.3 is 5.97 Å². The second-order valence-corrected chi connectivity index (χ2v) is 4.04. The molecule has 1 fully saturated rings. The normalized spacial score (nSPS) is 19.9. The SMILES string of the molecule is COCCCOCCN1CC(C(=O)O)CC1=O. The zero-order chi connectivity index (χ0) is 12.7. The van der Waals surface area contributed by atoms with Crippen molar-refractivity contribution < 1.29 is 24.2 Å². The van der Waals surface area contributed by atoms with Crippen molar-refractivity contribution in [1.29, 1.82) is 0 Å². The molecule has 6 heteroatoms. The number of rotatable bonds is 8. The highest BCUT2D eigenvalue weighted by atomic mass is 16.5. The Morgan fingerprint density at radius 1 is 1.47 bits per heavy atom. The van der Waals surface area contributed by atoms with Crippen LogP contribution in [0.2, 0.25) is 0 Å². The molecule has 0 aromatic heterocycles. The third-order valence-electron chi connectivity index (χ3n) is 2.71. The predicted molar refractivity (Wildman–Crippen MR) is 59.6 cm³/mol. The summed E-state index contributed by atoms with van der Waals surface area (Å²) in [5.74, 6) is -1.56. The lowest BCUT2D eigenvalue weighted by molar-refractivity contribution is -0.141. The monoisotopic (exact) mass is 245 g/mol. The number of ether oxygens (including phenoxy) is 2. The largest absolute Gasteiger partial charge is 0.481 e. The number of nitrogens with zero attached hydrogens (tertiary/aromatic N) is 1. The Kier molecular flexibility index (Phi) is 5.93. The van der Waals surface area contributed by atoms with E-state index in [0.717, 1.165) is 6.42 Å². The molecule has 1 aliphatic heterocycles. The molecule has 1 amide bonds. The summed E-state index contributed by atoms with van der Waals surface area (Å²) in [5, 5.41) is 8.79. The van der Waals surface area contributed by atoms with Gasteiger partial charge in [0.05, 0.1) is 12.5 Å². The van der Waals surface area contributed by atoms with Crippen LogP contribution >= 0.6 is 0 Å². The molecule has 1 aliphatic rings. The van der Waals surface area contributed by atoms with Crippen molar-refractivity contribution in [3.05, 3.63) is 0 Å². The van der Waals surface area contributed by atoms with E-state index in [-0.39, 0.29) is 12.3 Å². The Labute approximate surface area is 100 Å². The zero-order valence-electron chi connectivity index (χ0n) is 10.1. The summed E-state index contributed by atoms with van der Waals surface area (Å²) in [6.45, 7) is 2.47. The average molecular weight is 245 g/mol. The standard InChI is InChI=1S/C11H19NO5/c1-16-4-2-5-17-6-3-12-8-9(11(14)15)7-10(12)13/h9H,2-8H2,1H3,(H,14,15). The molecule has 1 heterocycles. The summed E-state index contributed by atoms with van der Waals surface area (Å²) in [6, 6.07) is 0. The molecule has 0 aromatic rings. The summed E-state index contributed by atoms with van der Waals surface area (Å²) in [6.07, 6.45) is 0.932. The van der Waals surface area contributed by atoms with Crippen molar-refractivity contribution in [2.45, 2.75) is 12.8 Å². The maximum absolute atomic E-state index is 11.4. The number of amides is 1. The topological polar surface area (TPSA) is 76.1 Å². The van der Waals surface area contributed by atoms with Crippen LogP contribution < -0.4 is 0 Å². The molecule has 17 heavy (non-hydrogen) atoms. The van der Waals surface area contributed by atoms with Gasteiger partial charge in [-0.1, -0.05) is 0 Å². The lowest BCUT2D eigenvalue weighted by Gasteiger charge is -2.15. The van der Waals surface area contributed by atoms with Gasteiger partial charge in [-0.2, -0.15) is 0 Å². The van der Waals surface area contributed by atoms with E-state index in [1.54, 1.807) is 12.0 Å². The maximum Gasteiger partial charge on any atom is 0.308 e. The molecule has 0 radical (unpaired) electrons. The molecular formula is C11H19NO5. The minimum Gasteiger partial charge on any atom is -0.481 e. The molecule has 0 aliphatic carbocycles. The van der Waals surface area contributed by atoms with Crippen LogP contribution in [-0.2, 0) is 19.1 Å². The Balaban J connectivity index is 2.11. The van der Waals surface area contributed by atoms with Crippen molar-refractivity contribution in [2.75, 3.05) is 40.0 Å². The summed E-state index contributed by atoms with van der Waals surface area (Å²) >= 11 is 0. The Morgan fingerprint density at radius 2 is 2.24 bits per heavy atom. The lowest BCUT2D eigenvalue weighted by Crippen LogP contribution is -2.30. The first-order chi connectivity index (χ1) is 8.15. The van der Waals surface area contributed by atoms with Gasteiger partial charge in [-0.3, -0.25) is 9.59 Å². The molecule has 1 N–H and O–H groups in total. The number of methoxy groups -OCH3 is 1. The first-order valence-electron chi connectivity index (χ1n) is 5.72. The molecular weight excluding hydrogens is 226 g/mol. The number of hydrogen-bond acceptors (Lipinski definition) is 4. The van der Waals surface area contributed by atoms with Gasteiger partial charge in [-0.25, -0.2) is 0 Å². The van der Waals surface area contributed by atoms with Crippen molar-refractivity contribution in [2.24, 2.45) is 5.92 Å². The van der Waals surface area contributed by atoms with Crippen LogP contribution in [0.5, 0.6) is 0 Å². The predicted octanol–water partition coefficient (Wildman–Crippen LogP) is -0.0274. The van der Waals surface area contributed by atoms with Crippen molar-refractivity contribution in [3.8, 4) is 0 Å². The number of carboxylic acids is 1.